The van der Waals surface area contributed by atoms with Crippen molar-refractivity contribution in [1.29, 1.82) is 0 Å². The summed E-state index contributed by atoms with van der Waals surface area (Å²) < 4.78 is 45.0. The van der Waals surface area contributed by atoms with E-state index in [0.717, 1.165) is 44.6 Å². The Balaban J connectivity index is 2.16. The molecule has 0 aliphatic rings. The molecule has 8 heteroatoms. The zero-order valence-electron chi connectivity index (χ0n) is 40.1. The van der Waals surface area contributed by atoms with Gasteiger partial charge in [0.1, 0.15) is 4.90 Å². The predicted molar refractivity (Wildman–Crippen MR) is 262 cm³/mol. The maximum atomic E-state index is 13.1. The van der Waals surface area contributed by atoms with Gasteiger partial charge in [0.2, 0.25) is 0 Å². The van der Waals surface area contributed by atoms with Gasteiger partial charge < -0.3 is 9.47 Å². The van der Waals surface area contributed by atoms with E-state index < -0.39 is 32.5 Å². The summed E-state index contributed by atoms with van der Waals surface area (Å²) in [6.07, 6.45) is 56.6. The summed E-state index contributed by atoms with van der Waals surface area (Å²) in [6.45, 7) is 4.77. The van der Waals surface area contributed by atoms with Crippen molar-refractivity contribution in [2.24, 2.45) is 0 Å². The van der Waals surface area contributed by atoms with Gasteiger partial charge in [-0.3, -0.25) is 4.55 Å². The lowest BCUT2D eigenvalue weighted by molar-refractivity contribution is 0.0447. The number of esters is 2. The first-order chi connectivity index (χ1) is 30.3. The minimum absolute atomic E-state index is 0.0764. The second kappa shape index (κ2) is 42.5. The largest absolute Gasteiger partial charge is 0.462 e. The second-order valence-electron chi connectivity index (χ2n) is 17.8. The van der Waals surface area contributed by atoms with E-state index in [1.807, 2.05) is 0 Å². The van der Waals surface area contributed by atoms with Crippen LogP contribution in [0.2, 0.25) is 0 Å². The molecule has 0 saturated carbocycles. The minimum Gasteiger partial charge on any atom is -0.462 e. The van der Waals surface area contributed by atoms with Crippen LogP contribution in [-0.2, 0) is 19.6 Å². The van der Waals surface area contributed by atoms with E-state index in [0.29, 0.717) is 12.8 Å². The Kier molecular flexibility index (Phi) is 39.5. The van der Waals surface area contributed by atoms with Crippen molar-refractivity contribution in [3.63, 3.8) is 0 Å². The normalized spacial score (nSPS) is 11.9. The summed E-state index contributed by atoms with van der Waals surface area (Å²) in [5.41, 5.74) is -0.708. The molecule has 0 aliphatic carbocycles. The van der Waals surface area contributed by atoms with Crippen LogP contribution in [0.25, 0.3) is 0 Å². The number of benzene rings is 1. The molecule has 1 rings (SSSR count). The van der Waals surface area contributed by atoms with E-state index in [1.54, 1.807) is 0 Å². The monoisotopic (exact) mass is 887 g/mol. The Morgan fingerprint density at radius 2 is 0.726 bits per heavy atom. The summed E-state index contributed by atoms with van der Waals surface area (Å²) in [7, 11) is -4.78. The van der Waals surface area contributed by atoms with Crippen molar-refractivity contribution in [2.45, 2.75) is 263 Å². The lowest BCUT2D eigenvalue weighted by atomic mass is 10.0. The van der Waals surface area contributed by atoms with E-state index in [1.165, 1.54) is 205 Å². The van der Waals surface area contributed by atoms with Crippen molar-refractivity contribution in [3.8, 4) is 0 Å². The minimum atomic E-state index is -4.78. The first kappa shape index (κ1) is 57.6. The highest BCUT2D eigenvalue weighted by molar-refractivity contribution is 7.86. The highest BCUT2D eigenvalue weighted by atomic mass is 32.2. The third-order valence-electron chi connectivity index (χ3n) is 12.0. The van der Waals surface area contributed by atoms with Crippen LogP contribution in [0.5, 0.6) is 0 Å². The molecule has 0 unspecified atom stereocenters. The van der Waals surface area contributed by atoms with Crippen LogP contribution in [0.15, 0.2) is 47.4 Å². The van der Waals surface area contributed by atoms with Gasteiger partial charge in [-0.15, -0.1) is 0 Å². The van der Waals surface area contributed by atoms with E-state index in [2.05, 4.69) is 38.2 Å². The highest BCUT2D eigenvalue weighted by Gasteiger charge is 2.28. The smallest absolute Gasteiger partial charge is 0.340 e. The summed E-state index contributed by atoms with van der Waals surface area (Å²) in [5, 5.41) is 0. The molecule has 358 valence electrons. The van der Waals surface area contributed by atoms with Gasteiger partial charge in [-0.2, -0.15) is 8.42 Å². The Bertz CT molecular complexity index is 1370. The van der Waals surface area contributed by atoms with Gasteiger partial charge in [-0.1, -0.05) is 224 Å². The van der Waals surface area contributed by atoms with E-state index in [-0.39, 0.29) is 18.8 Å². The number of hydrogen-bond donors (Lipinski definition) is 1. The van der Waals surface area contributed by atoms with Gasteiger partial charge in [0, 0.05) is 0 Å². The van der Waals surface area contributed by atoms with Gasteiger partial charge in [0.25, 0.3) is 10.1 Å². The fourth-order valence-corrected chi connectivity index (χ4v) is 8.78. The quantitative estimate of drug-likeness (QED) is 0.0301. The molecule has 62 heavy (non-hydrogen) atoms. The van der Waals surface area contributed by atoms with Gasteiger partial charge in [0.05, 0.1) is 24.3 Å². The highest BCUT2D eigenvalue weighted by Crippen LogP contribution is 2.23. The topological polar surface area (TPSA) is 107 Å². The SMILES string of the molecule is CCCCCCCCCCCCCCCCC/C=C/CCCCOC(=O)c1cccc(S(=O)(=O)O)c1C(=O)OCCCC/C=C/CCCCCCCCCCCCCCCCC. The number of unbranched alkanes of at least 4 members (excludes halogenated alkanes) is 34. The number of ether oxygens (including phenoxy) is 2. The Morgan fingerprint density at radius 1 is 0.435 bits per heavy atom. The molecule has 0 heterocycles. The molecule has 0 aromatic heterocycles. The number of rotatable bonds is 45. The maximum absolute atomic E-state index is 13.1. The van der Waals surface area contributed by atoms with Crippen molar-refractivity contribution in [1.82, 2.24) is 0 Å². The van der Waals surface area contributed by atoms with Crippen molar-refractivity contribution >= 4 is 22.1 Å². The Hall–Kier alpha value is -2.45. The van der Waals surface area contributed by atoms with Gasteiger partial charge >= 0.3 is 11.9 Å². The third kappa shape index (κ3) is 34.0. The van der Waals surface area contributed by atoms with Crippen LogP contribution < -0.4 is 0 Å². The molecule has 0 amide bonds. The lowest BCUT2D eigenvalue weighted by Gasteiger charge is -2.12. The molecule has 1 aromatic rings. The molecule has 0 fully saturated rings. The molecule has 0 radical (unpaired) electrons. The summed E-state index contributed by atoms with van der Waals surface area (Å²) in [4.78, 5) is 25.4. The molecule has 0 aliphatic heterocycles. The Morgan fingerprint density at radius 3 is 1.05 bits per heavy atom. The van der Waals surface area contributed by atoms with Gasteiger partial charge in [-0.05, 0) is 76.3 Å². The van der Waals surface area contributed by atoms with E-state index in [9.17, 15) is 22.6 Å². The second-order valence-corrected chi connectivity index (χ2v) is 19.2. The maximum Gasteiger partial charge on any atom is 0.340 e. The molecule has 1 N–H and O–H groups in total. The molecule has 0 atom stereocenters. The van der Waals surface area contributed by atoms with Gasteiger partial charge in [-0.25, -0.2) is 9.59 Å². The standard InChI is InChI=1S/C54H94O7S/c1-3-5-7-9-11-13-15-17-19-21-23-25-27-29-31-33-35-37-39-41-43-48-60-53(55)50-46-45-47-51(62(57,58)59)52(50)54(56)61-49-44-42-40-38-36-34-32-30-28-26-24-22-20-18-16-14-12-10-8-6-4-2/h35-38,45-47H,3-34,39-44,48-49H2,1-2H3,(H,57,58,59)/b37-35+,38-36+. The first-order valence-corrected chi connectivity index (χ1v) is 27.5. The van der Waals surface area contributed by atoms with Crippen molar-refractivity contribution in [2.75, 3.05) is 13.2 Å². The molecule has 1 aromatic carbocycles. The fourth-order valence-electron chi connectivity index (χ4n) is 8.07. The zero-order valence-corrected chi connectivity index (χ0v) is 40.9. The van der Waals surface area contributed by atoms with Crippen LogP contribution in [-0.4, -0.2) is 38.1 Å². The molecular formula is C54H94O7S. The molecule has 7 nitrogen and oxygen atoms in total. The van der Waals surface area contributed by atoms with Gasteiger partial charge in [0.15, 0.2) is 0 Å². The van der Waals surface area contributed by atoms with Crippen molar-refractivity contribution < 1.29 is 32.0 Å². The first-order valence-electron chi connectivity index (χ1n) is 26.1. The van der Waals surface area contributed by atoms with Crippen molar-refractivity contribution in [3.05, 3.63) is 53.6 Å². The summed E-state index contributed by atoms with van der Waals surface area (Å²) in [6, 6.07) is 3.74. The van der Waals surface area contributed by atoms with Crippen LogP contribution in [0.1, 0.15) is 279 Å². The summed E-state index contributed by atoms with van der Waals surface area (Å²) >= 11 is 0. The number of allylic oxidation sites excluding steroid dienone is 4. The third-order valence-corrected chi connectivity index (χ3v) is 12.9. The fraction of sp³-hybridized carbons (Fsp3) is 0.778. The van der Waals surface area contributed by atoms with E-state index >= 15 is 0 Å². The van der Waals surface area contributed by atoms with Crippen LogP contribution in [0.3, 0.4) is 0 Å². The molecule has 0 spiro atoms. The van der Waals surface area contributed by atoms with E-state index in [4.69, 9.17) is 9.47 Å². The van der Waals surface area contributed by atoms with Crippen LogP contribution in [0, 0.1) is 0 Å². The molecule has 0 saturated heterocycles. The number of carbonyl (C=O) groups is 2. The average Bonchev–Trinajstić information content (AvgIpc) is 3.26. The number of hydrogen-bond acceptors (Lipinski definition) is 6. The zero-order chi connectivity index (χ0) is 45.0. The number of carbonyl (C=O) groups excluding carboxylic acids is 2. The average molecular weight is 887 g/mol. The molecule has 0 bridgehead atoms. The van der Waals surface area contributed by atoms with Crippen LogP contribution >= 0.6 is 0 Å². The Labute approximate surface area is 382 Å². The van der Waals surface area contributed by atoms with Crippen LogP contribution in [0.4, 0.5) is 0 Å². The summed E-state index contributed by atoms with van der Waals surface area (Å²) in [5.74, 6) is -1.78. The lowest BCUT2D eigenvalue weighted by Crippen LogP contribution is -2.19. The predicted octanol–water partition coefficient (Wildman–Crippen LogP) is 17.2. The molecular weight excluding hydrogens is 793 g/mol.